The van der Waals surface area contributed by atoms with Gasteiger partial charge in [0.15, 0.2) is 5.60 Å². The van der Waals surface area contributed by atoms with Crippen molar-refractivity contribution in [3.05, 3.63) is 24.3 Å². The summed E-state index contributed by atoms with van der Waals surface area (Å²) in [7, 11) is 1.54. The molecule has 2 rings (SSSR count). The van der Waals surface area contributed by atoms with Crippen LogP contribution in [0.1, 0.15) is 13.3 Å². The Labute approximate surface area is 116 Å². The smallest absolute Gasteiger partial charge is 0.417 e. The van der Waals surface area contributed by atoms with Gasteiger partial charge in [-0.2, -0.15) is 13.2 Å². The highest BCUT2D eigenvalue weighted by molar-refractivity contribution is 5.51. The molecule has 2 atom stereocenters. The van der Waals surface area contributed by atoms with E-state index in [0.717, 1.165) is 12.6 Å². The molecule has 2 unspecified atom stereocenters. The van der Waals surface area contributed by atoms with Crippen LogP contribution in [0.2, 0.25) is 0 Å². The number of alkyl halides is 3. The van der Waals surface area contributed by atoms with Gasteiger partial charge in [-0.1, -0.05) is 6.07 Å². The minimum absolute atomic E-state index is 0.180. The van der Waals surface area contributed by atoms with Gasteiger partial charge in [-0.3, -0.25) is 0 Å². The number of nitrogens with zero attached hydrogens (tertiary/aromatic N) is 1. The van der Waals surface area contributed by atoms with E-state index in [4.69, 9.17) is 4.74 Å². The summed E-state index contributed by atoms with van der Waals surface area (Å²) in [4.78, 5) is 1.84. The molecule has 1 aliphatic rings. The molecule has 1 fully saturated rings. The monoisotopic (exact) mass is 289 g/mol. The van der Waals surface area contributed by atoms with Crippen LogP contribution in [0.4, 0.5) is 18.9 Å². The van der Waals surface area contributed by atoms with Crippen LogP contribution in [0.5, 0.6) is 5.75 Å². The second-order valence-electron chi connectivity index (χ2n) is 5.28. The van der Waals surface area contributed by atoms with Gasteiger partial charge in [0.05, 0.1) is 7.11 Å². The van der Waals surface area contributed by atoms with Gasteiger partial charge in [0.1, 0.15) is 5.75 Å². The molecule has 1 saturated heterocycles. The SMILES string of the molecule is COc1cccc(N2CCC(C(C)(O)C(F)(F)F)C2)c1. The van der Waals surface area contributed by atoms with Crippen molar-refractivity contribution < 1.29 is 23.0 Å². The Morgan fingerprint density at radius 3 is 2.65 bits per heavy atom. The molecule has 6 heteroatoms. The molecule has 0 radical (unpaired) electrons. The normalized spacial score (nSPS) is 22.7. The molecule has 1 N–H and O–H groups in total. The molecule has 0 aliphatic carbocycles. The summed E-state index contributed by atoms with van der Waals surface area (Å²) in [5.41, 5.74) is -1.84. The van der Waals surface area contributed by atoms with E-state index in [0.29, 0.717) is 18.7 Å². The summed E-state index contributed by atoms with van der Waals surface area (Å²) >= 11 is 0. The first kappa shape index (κ1) is 15.0. The molecular weight excluding hydrogens is 271 g/mol. The highest BCUT2D eigenvalue weighted by Gasteiger charge is 2.56. The molecule has 0 bridgehead atoms. The largest absolute Gasteiger partial charge is 0.497 e. The summed E-state index contributed by atoms with van der Waals surface area (Å²) in [6.07, 6.45) is -4.30. The lowest BCUT2D eigenvalue weighted by molar-refractivity contribution is -0.269. The lowest BCUT2D eigenvalue weighted by Gasteiger charge is -2.32. The number of hydrogen-bond donors (Lipinski definition) is 1. The number of aliphatic hydroxyl groups is 1. The third-order valence-electron chi connectivity index (χ3n) is 3.98. The lowest BCUT2D eigenvalue weighted by Crippen LogP contribution is -2.49. The van der Waals surface area contributed by atoms with E-state index in [1.54, 1.807) is 25.3 Å². The number of hydrogen-bond acceptors (Lipinski definition) is 3. The molecule has 1 aromatic carbocycles. The van der Waals surface area contributed by atoms with Crippen molar-refractivity contribution in [2.45, 2.75) is 25.1 Å². The van der Waals surface area contributed by atoms with E-state index in [9.17, 15) is 18.3 Å². The topological polar surface area (TPSA) is 32.7 Å². The number of anilines is 1. The maximum Gasteiger partial charge on any atom is 0.417 e. The van der Waals surface area contributed by atoms with E-state index in [1.807, 2.05) is 11.0 Å². The Hall–Kier alpha value is -1.43. The van der Waals surface area contributed by atoms with Gasteiger partial charge in [-0.05, 0) is 25.5 Å². The Kier molecular flexibility index (Phi) is 3.86. The molecule has 1 aliphatic heterocycles. The summed E-state index contributed by atoms with van der Waals surface area (Å²) < 4.78 is 43.6. The minimum atomic E-state index is -4.61. The van der Waals surface area contributed by atoms with E-state index >= 15 is 0 Å². The lowest BCUT2D eigenvalue weighted by atomic mass is 9.88. The van der Waals surface area contributed by atoms with Crippen molar-refractivity contribution in [3.63, 3.8) is 0 Å². The highest BCUT2D eigenvalue weighted by Crippen LogP contribution is 2.41. The van der Waals surface area contributed by atoms with Crippen molar-refractivity contribution in [3.8, 4) is 5.75 Å². The number of methoxy groups -OCH3 is 1. The second-order valence-corrected chi connectivity index (χ2v) is 5.28. The highest BCUT2D eigenvalue weighted by atomic mass is 19.4. The zero-order chi connectivity index (χ0) is 15.0. The van der Waals surface area contributed by atoms with Crippen LogP contribution >= 0.6 is 0 Å². The van der Waals surface area contributed by atoms with Crippen molar-refractivity contribution in [1.29, 1.82) is 0 Å². The van der Waals surface area contributed by atoms with Gasteiger partial charge in [-0.25, -0.2) is 0 Å². The van der Waals surface area contributed by atoms with Crippen LogP contribution in [0.15, 0.2) is 24.3 Å². The fourth-order valence-electron chi connectivity index (χ4n) is 2.49. The first-order chi connectivity index (χ1) is 9.25. The molecule has 112 valence electrons. The molecule has 20 heavy (non-hydrogen) atoms. The van der Waals surface area contributed by atoms with Crippen LogP contribution in [-0.4, -0.2) is 37.1 Å². The maximum absolute atomic E-state index is 12.8. The molecule has 0 amide bonds. The number of benzene rings is 1. The Morgan fingerprint density at radius 2 is 2.05 bits per heavy atom. The zero-order valence-electron chi connectivity index (χ0n) is 11.4. The fraction of sp³-hybridized carbons (Fsp3) is 0.571. The van der Waals surface area contributed by atoms with Crippen LogP contribution in [-0.2, 0) is 0 Å². The molecule has 3 nitrogen and oxygen atoms in total. The quantitative estimate of drug-likeness (QED) is 0.928. The van der Waals surface area contributed by atoms with Gasteiger partial charge in [0.25, 0.3) is 0 Å². The second kappa shape index (κ2) is 5.16. The van der Waals surface area contributed by atoms with Gasteiger partial charge in [-0.15, -0.1) is 0 Å². The third-order valence-corrected chi connectivity index (χ3v) is 3.98. The maximum atomic E-state index is 12.8. The van der Waals surface area contributed by atoms with Crippen LogP contribution in [0, 0.1) is 5.92 Å². The van der Waals surface area contributed by atoms with E-state index < -0.39 is 17.7 Å². The predicted molar refractivity (Wildman–Crippen MR) is 70.0 cm³/mol. The first-order valence-corrected chi connectivity index (χ1v) is 6.44. The average molecular weight is 289 g/mol. The zero-order valence-corrected chi connectivity index (χ0v) is 11.4. The van der Waals surface area contributed by atoms with Gasteiger partial charge in [0, 0.05) is 30.8 Å². The first-order valence-electron chi connectivity index (χ1n) is 6.44. The summed E-state index contributed by atoms with van der Waals surface area (Å²) in [6.45, 7) is 1.52. The fourth-order valence-corrected chi connectivity index (χ4v) is 2.49. The predicted octanol–water partition coefficient (Wildman–Crippen LogP) is 2.83. The Balaban J connectivity index is 2.13. The van der Waals surface area contributed by atoms with Crippen molar-refractivity contribution in [2.24, 2.45) is 5.92 Å². The van der Waals surface area contributed by atoms with Crippen molar-refractivity contribution in [1.82, 2.24) is 0 Å². The number of ether oxygens (including phenoxy) is 1. The van der Waals surface area contributed by atoms with Gasteiger partial charge in [0.2, 0.25) is 0 Å². The summed E-state index contributed by atoms with van der Waals surface area (Å²) in [6, 6.07) is 7.18. The Morgan fingerprint density at radius 1 is 1.35 bits per heavy atom. The van der Waals surface area contributed by atoms with Crippen LogP contribution < -0.4 is 9.64 Å². The van der Waals surface area contributed by atoms with Crippen LogP contribution in [0.3, 0.4) is 0 Å². The van der Waals surface area contributed by atoms with Crippen molar-refractivity contribution >= 4 is 5.69 Å². The van der Waals surface area contributed by atoms with E-state index in [2.05, 4.69) is 0 Å². The van der Waals surface area contributed by atoms with E-state index in [-0.39, 0.29) is 6.54 Å². The number of rotatable bonds is 3. The molecule has 1 aromatic rings. The molecule has 0 spiro atoms. The van der Waals surface area contributed by atoms with E-state index in [1.165, 1.54) is 0 Å². The summed E-state index contributed by atoms with van der Waals surface area (Å²) in [5, 5.41) is 9.74. The van der Waals surface area contributed by atoms with Gasteiger partial charge >= 0.3 is 6.18 Å². The van der Waals surface area contributed by atoms with Crippen molar-refractivity contribution in [2.75, 3.05) is 25.1 Å². The standard InChI is InChI=1S/C14H18F3NO2/c1-13(19,14(15,16)17)10-6-7-18(9-10)11-4-3-5-12(8-11)20-2/h3-5,8,10,19H,6-7,9H2,1-2H3. The van der Waals surface area contributed by atoms with Crippen LogP contribution in [0.25, 0.3) is 0 Å². The molecule has 0 saturated carbocycles. The van der Waals surface area contributed by atoms with Gasteiger partial charge < -0.3 is 14.7 Å². The molecule has 0 aromatic heterocycles. The third kappa shape index (κ3) is 2.70. The molecular formula is C14H18F3NO2. The number of halogens is 3. The average Bonchev–Trinajstić information content (AvgIpc) is 2.87. The molecule has 1 heterocycles. The summed E-state index contributed by atoms with van der Waals surface area (Å²) in [5.74, 6) is -0.165. The Bertz CT molecular complexity index is 474. The minimum Gasteiger partial charge on any atom is -0.497 e.